The van der Waals surface area contributed by atoms with Gasteiger partial charge < -0.3 is 5.73 Å². The van der Waals surface area contributed by atoms with Crippen molar-refractivity contribution in [2.75, 3.05) is 6.54 Å². The van der Waals surface area contributed by atoms with Gasteiger partial charge in [0.15, 0.2) is 0 Å². The number of nitrogens with two attached hydrogens (primary N) is 1. The summed E-state index contributed by atoms with van der Waals surface area (Å²) < 4.78 is 1.80. The highest BCUT2D eigenvalue weighted by Gasteiger charge is 1.96. The van der Waals surface area contributed by atoms with E-state index in [4.69, 9.17) is 5.73 Å². The normalized spacial score (nSPS) is 10.8. The van der Waals surface area contributed by atoms with Gasteiger partial charge in [0.25, 0.3) is 0 Å². The molecule has 62 valence electrons. The maximum Gasteiger partial charge on any atom is 0.150 e. The van der Waals surface area contributed by atoms with Crippen LogP contribution in [0.15, 0.2) is 24.5 Å². The molecule has 0 aliphatic carbocycles. The fourth-order valence-corrected chi connectivity index (χ4v) is 1.11. The standard InChI is InChI=1S/C8H10N4/c9-4-3-8-10-6-7-2-1-5-12(7)11-8/h1-2,5-6H,3-4,9H2. The summed E-state index contributed by atoms with van der Waals surface area (Å²) in [6.07, 6.45) is 4.43. The molecule has 0 saturated carbocycles. The van der Waals surface area contributed by atoms with E-state index in [9.17, 15) is 0 Å². The zero-order valence-corrected chi connectivity index (χ0v) is 6.64. The van der Waals surface area contributed by atoms with Crippen LogP contribution in [-0.4, -0.2) is 21.1 Å². The highest BCUT2D eigenvalue weighted by molar-refractivity contribution is 5.43. The van der Waals surface area contributed by atoms with E-state index in [0.717, 1.165) is 17.8 Å². The van der Waals surface area contributed by atoms with Crippen molar-refractivity contribution in [1.29, 1.82) is 0 Å². The van der Waals surface area contributed by atoms with Crippen molar-refractivity contribution < 1.29 is 0 Å². The van der Waals surface area contributed by atoms with Crippen LogP contribution in [0, 0.1) is 0 Å². The van der Waals surface area contributed by atoms with E-state index in [2.05, 4.69) is 10.1 Å². The van der Waals surface area contributed by atoms with Crippen LogP contribution in [0.3, 0.4) is 0 Å². The average Bonchev–Trinajstić information content (AvgIpc) is 2.51. The topological polar surface area (TPSA) is 56.2 Å². The molecule has 2 aromatic rings. The van der Waals surface area contributed by atoms with Gasteiger partial charge >= 0.3 is 0 Å². The maximum atomic E-state index is 5.39. The summed E-state index contributed by atoms with van der Waals surface area (Å²) in [4.78, 5) is 4.16. The molecule has 0 saturated heterocycles. The van der Waals surface area contributed by atoms with Crippen molar-refractivity contribution in [2.45, 2.75) is 6.42 Å². The Morgan fingerprint density at radius 3 is 3.25 bits per heavy atom. The molecule has 0 atom stereocenters. The predicted octanol–water partition coefficient (Wildman–Crippen LogP) is 0.230. The lowest BCUT2D eigenvalue weighted by atomic mass is 10.4. The monoisotopic (exact) mass is 162 g/mol. The van der Waals surface area contributed by atoms with Crippen LogP contribution >= 0.6 is 0 Å². The molecule has 4 heteroatoms. The molecule has 0 fully saturated rings. The molecule has 0 radical (unpaired) electrons. The Labute approximate surface area is 70.0 Å². The Hall–Kier alpha value is -1.42. The number of hydrogen-bond donors (Lipinski definition) is 1. The highest BCUT2D eigenvalue weighted by Crippen LogP contribution is 2.00. The van der Waals surface area contributed by atoms with E-state index in [1.807, 2.05) is 18.3 Å². The van der Waals surface area contributed by atoms with Crippen LogP contribution in [-0.2, 0) is 6.42 Å². The molecule has 0 amide bonds. The minimum Gasteiger partial charge on any atom is -0.330 e. The minimum atomic E-state index is 0.590. The molecule has 2 aromatic heterocycles. The predicted molar refractivity (Wildman–Crippen MR) is 45.7 cm³/mol. The summed E-state index contributed by atoms with van der Waals surface area (Å²) in [5, 5.41) is 4.25. The summed E-state index contributed by atoms with van der Waals surface area (Å²) in [5.41, 5.74) is 6.40. The van der Waals surface area contributed by atoms with E-state index >= 15 is 0 Å². The molecule has 4 nitrogen and oxygen atoms in total. The van der Waals surface area contributed by atoms with Crippen molar-refractivity contribution >= 4 is 5.52 Å². The van der Waals surface area contributed by atoms with Crippen molar-refractivity contribution in [1.82, 2.24) is 14.6 Å². The van der Waals surface area contributed by atoms with Crippen LogP contribution in [0.4, 0.5) is 0 Å². The summed E-state index contributed by atoms with van der Waals surface area (Å²) >= 11 is 0. The minimum absolute atomic E-state index is 0.590. The van der Waals surface area contributed by atoms with Gasteiger partial charge in [-0.2, -0.15) is 5.10 Å². The first kappa shape index (κ1) is 7.24. The Bertz CT molecular complexity index is 379. The van der Waals surface area contributed by atoms with Gasteiger partial charge in [-0.25, -0.2) is 9.50 Å². The van der Waals surface area contributed by atoms with Crippen LogP contribution < -0.4 is 5.73 Å². The lowest BCUT2D eigenvalue weighted by molar-refractivity contribution is 0.784. The van der Waals surface area contributed by atoms with Gasteiger partial charge in [-0.1, -0.05) is 0 Å². The first-order chi connectivity index (χ1) is 5.90. The van der Waals surface area contributed by atoms with E-state index in [-0.39, 0.29) is 0 Å². The van der Waals surface area contributed by atoms with Gasteiger partial charge in [0.2, 0.25) is 0 Å². The van der Waals surface area contributed by atoms with E-state index in [0.29, 0.717) is 6.54 Å². The first-order valence-electron chi connectivity index (χ1n) is 3.89. The second-order valence-corrected chi connectivity index (χ2v) is 2.59. The summed E-state index contributed by atoms with van der Waals surface area (Å²) in [6.45, 7) is 0.590. The third kappa shape index (κ3) is 1.16. The van der Waals surface area contributed by atoms with Crippen molar-refractivity contribution in [3.05, 3.63) is 30.4 Å². The lowest BCUT2D eigenvalue weighted by Crippen LogP contribution is -2.08. The molecule has 0 bridgehead atoms. The van der Waals surface area contributed by atoms with Crippen LogP contribution in [0.1, 0.15) is 5.82 Å². The Kier molecular flexibility index (Phi) is 1.75. The van der Waals surface area contributed by atoms with E-state index in [1.165, 1.54) is 0 Å². The zero-order chi connectivity index (χ0) is 8.39. The molecular formula is C8H10N4. The van der Waals surface area contributed by atoms with E-state index in [1.54, 1.807) is 10.7 Å². The first-order valence-corrected chi connectivity index (χ1v) is 3.89. The summed E-state index contributed by atoms with van der Waals surface area (Å²) in [6, 6.07) is 3.91. The molecule has 12 heavy (non-hydrogen) atoms. The zero-order valence-electron chi connectivity index (χ0n) is 6.64. The highest BCUT2D eigenvalue weighted by atomic mass is 15.2. The number of nitrogens with zero attached hydrogens (tertiary/aromatic N) is 3. The number of hydrogen-bond acceptors (Lipinski definition) is 3. The largest absolute Gasteiger partial charge is 0.330 e. The molecule has 0 unspecified atom stereocenters. The molecular weight excluding hydrogens is 152 g/mol. The Balaban J connectivity index is 2.46. The van der Waals surface area contributed by atoms with Crippen molar-refractivity contribution in [3.8, 4) is 0 Å². The molecule has 2 rings (SSSR count). The summed E-state index contributed by atoms with van der Waals surface area (Å²) in [7, 11) is 0. The molecule has 0 aromatic carbocycles. The van der Waals surface area contributed by atoms with Crippen molar-refractivity contribution in [3.63, 3.8) is 0 Å². The molecule has 0 spiro atoms. The second kappa shape index (κ2) is 2.91. The van der Waals surface area contributed by atoms with Gasteiger partial charge in [-0.05, 0) is 18.7 Å². The van der Waals surface area contributed by atoms with Crippen LogP contribution in [0.5, 0.6) is 0 Å². The molecule has 2 N–H and O–H groups in total. The van der Waals surface area contributed by atoms with Gasteiger partial charge in [-0.15, -0.1) is 0 Å². The molecule has 0 aliphatic heterocycles. The fraction of sp³-hybridized carbons (Fsp3) is 0.250. The van der Waals surface area contributed by atoms with Gasteiger partial charge in [-0.3, -0.25) is 0 Å². The number of rotatable bonds is 2. The third-order valence-electron chi connectivity index (χ3n) is 1.70. The SMILES string of the molecule is NCCc1ncc2cccn2n1. The van der Waals surface area contributed by atoms with Gasteiger partial charge in [0, 0.05) is 12.6 Å². The van der Waals surface area contributed by atoms with Crippen molar-refractivity contribution in [2.24, 2.45) is 5.73 Å². The van der Waals surface area contributed by atoms with Crippen LogP contribution in [0.2, 0.25) is 0 Å². The third-order valence-corrected chi connectivity index (χ3v) is 1.70. The van der Waals surface area contributed by atoms with Gasteiger partial charge in [0.1, 0.15) is 5.82 Å². The van der Waals surface area contributed by atoms with Crippen LogP contribution in [0.25, 0.3) is 5.52 Å². The lowest BCUT2D eigenvalue weighted by Gasteiger charge is -1.97. The number of fused-ring (bicyclic) bond motifs is 1. The quantitative estimate of drug-likeness (QED) is 0.687. The van der Waals surface area contributed by atoms with Gasteiger partial charge in [0.05, 0.1) is 11.7 Å². The van der Waals surface area contributed by atoms with E-state index < -0.39 is 0 Å². The Morgan fingerprint density at radius 2 is 2.42 bits per heavy atom. The smallest absolute Gasteiger partial charge is 0.150 e. The molecule has 2 heterocycles. The maximum absolute atomic E-state index is 5.39. The molecule has 0 aliphatic rings. The second-order valence-electron chi connectivity index (χ2n) is 2.59. The fourth-order valence-electron chi connectivity index (χ4n) is 1.11. The summed E-state index contributed by atoms with van der Waals surface area (Å²) in [5.74, 6) is 0.793. The average molecular weight is 162 g/mol. The number of aromatic nitrogens is 3. The Morgan fingerprint density at radius 1 is 1.50 bits per heavy atom.